The standard InChI is InChI=1S/C12H14ClN3O5S/c1-12(2,3)21-8(19)5-20-16-7(4-17)9-10(13)22-11(15-9)14-6-18/h4,6H,5H2,1-3H3,(H,14,15,18). The minimum atomic E-state index is -0.648. The number of esters is 1. The second-order valence-electron chi connectivity index (χ2n) is 4.86. The van der Waals surface area contributed by atoms with Crippen LogP contribution in [0.25, 0.3) is 0 Å². The Morgan fingerprint density at radius 3 is 2.68 bits per heavy atom. The van der Waals surface area contributed by atoms with Gasteiger partial charge in [0, 0.05) is 0 Å². The first-order chi connectivity index (χ1) is 10.3. The number of carbonyl (C=O) groups excluding carboxylic acids is 3. The predicted molar refractivity (Wildman–Crippen MR) is 81.2 cm³/mol. The van der Waals surface area contributed by atoms with Crippen LogP contribution in [0.1, 0.15) is 26.5 Å². The van der Waals surface area contributed by atoms with Crippen LogP contribution in [0.5, 0.6) is 0 Å². The van der Waals surface area contributed by atoms with E-state index in [2.05, 4.69) is 15.5 Å². The van der Waals surface area contributed by atoms with Crippen LogP contribution in [0.3, 0.4) is 0 Å². The predicted octanol–water partition coefficient (Wildman–Crippen LogP) is 1.63. The van der Waals surface area contributed by atoms with Crippen LogP contribution in [0, 0.1) is 0 Å². The molecule has 0 saturated carbocycles. The van der Waals surface area contributed by atoms with Crippen LogP contribution in [0.4, 0.5) is 5.13 Å². The van der Waals surface area contributed by atoms with Crippen molar-refractivity contribution in [2.75, 3.05) is 11.9 Å². The summed E-state index contributed by atoms with van der Waals surface area (Å²) >= 11 is 6.85. The molecule has 0 aliphatic rings. The molecule has 0 saturated heterocycles. The number of amides is 1. The van der Waals surface area contributed by atoms with Crippen LogP contribution in [-0.4, -0.2) is 41.6 Å². The molecule has 10 heteroatoms. The average molecular weight is 348 g/mol. The summed E-state index contributed by atoms with van der Waals surface area (Å²) in [6.07, 6.45) is 0.802. The molecule has 1 N–H and O–H groups in total. The number of anilines is 1. The highest BCUT2D eigenvalue weighted by Gasteiger charge is 2.18. The highest BCUT2D eigenvalue weighted by molar-refractivity contribution is 7.20. The number of nitrogens with zero attached hydrogens (tertiary/aromatic N) is 2. The van der Waals surface area contributed by atoms with E-state index in [0.29, 0.717) is 12.7 Å². The third-order valence-corrected chi connectivity index (χ3v) is 3.07. The number of halogens is 1. The number of oxime groups is 1. The van der Waals surface area contributed by atoms with Crippen LogP contribution >= 0.6 is 22.9 Å². The van der Waals surface area contributed by atoms with Gasteiger partial charge in [0.15, 0.2) is 17.1 Å². The molecule has 0 bridgehead atoms. The van der Waals surface area contributed by atoms with Crippen LogP contribution in [0.15, 0.2) is 5.16 Å². The zero-order chi connectivity index (χ0) is 16.8. The van der Waals surface area contributed by atoms with Crippen molar-refractivity contribution in [2.45, 2.75) is 26.4 Å². The first-order valence-electron chi connectivity index (χ1n) is 6.00. The largest absolute Gasteiger partial charge is 0.457 e. The zero-order valence-electron chi connectivity index (χ0n) is 12.1. The lowest BCUT2D eigenvalue weighted by molar-refractivity contribution is -0.160. The fourth-order valence-corrected chi connectivity index (χ4v) is 2.24. The third kappa shape index (κ3) is 5.78. The maximum Gasteiger partial charge on any atom is 0.347 e. The summed E-state index contributed by atoms with van der Waals surface area (Å²) < 4.78 is 5.16. The van der Waals surface area contributed by atoms with Gasteiger partial charge in [-0.15, -0.1) is 0 Å². The van der Waals surface area contributed by atoms with Gasteiger partial charge in [-0.05, 0) is 20.8 Å². The molecule has 0 unspecified atom stereocenters. The Labute approximate surface area is 135 Å². The number of hydrogen-bond acceptors (Lipinski definition) is 8. The molecular weight excluding hydrogens is 334 g/mol. The third-order valence-electron chi connectivity index (χ3n) is 1.89. The molecule has 120 valence electrons. The van der Waals surface area contributed by atoms with E-state index in [1.165, 1.54) is 0 Å². The van der Waals surface area contributed by atoms with Gasteiger partial charge in [-0.1, -0.05) is 28.1 Å². The molecule has 8 nitrogen and oxygen atoms in total. The fraction of sp³-hybridized carbons (Fsp3) is 0.417. The molecule has 0 aromatic carbocycles. The number of carbonyl (C=O) groups is 3. The second-order valence-corrected chi connectivity index (χ2v) is 6.46. The SMILES string of the molecule is CC(C)(C)OC(=O)CON=C(C=O)c1nc(NC=O)sc1Cl. The number of aromatic nitrogens is 1. The highest BCUT2D eigenvalue weighted by Crippen LogP contribution is 2.27. The number of hydrogen-bond donors (Lipinski definition) is 1. The Kier molecular flexibility index (Phi) is 6.44. The van der Waals surface area contributed by atoms with Crippen molar-refractivity contribution in [3.8, 4) is 0 Å². The molecule has 0 aliphatic carbocycles. The van der Waals surface area contributed by atoms with Gasteiger partial charge in [0.1, 0.15) is 15.6 Å². The van der Waals surface area contributed by atoms with Crippen LogP contribution < -0.4 is 5.32 Å². The minimum absolute atomic E-state index is 0.0511. The normalized spacial score (nSPS) is 11.7. The zero-order valence-corrected chi connectivity index (χ0v) is 13.7. The summed E-state index contributed by atoms with van der Waals surface area (Å²) in [6, 6.07) is 0. The lowest BCUT2D eigenvalue weighted by Gasteiger charge is -2.18. The molecule has 1 aromatic rings. The molecule has 0 atom stereocenters. The Morgan fingerprint density at radius 2 is 2.14 bits per heavy atom. The molecule has 22 heavy (non-hydrogen) atoms. The van der Waals surface area contributed by atoms with E-state index in [1.807, 2.05) is 0 Å². The van der Waals surface area contributed by atoms with E-state index in [-0.39, 0.29) is 20.9 Å². The number of ether oxygens (including phenoxy) is 1. The number of thiazole rings is 1. The van der Waals surface area contributed by atoms with Crippen molar-refractivity contribution in [1.82, 2.24) is 4.98 Å². The topological polar surface area (TPSA) is 107 Å². The van der Waals surface area contributed by atoms with Gasteiger partial charge in [0.2, 0.25) is 13.0 Å². The molecule has 0 aliphatic heterocycles. The van der Waals surface area contributed by atoms with Crippen molar-refractivity contribution in [1.29, 1.82) is 0 Å². The van der Waals surface area contributed by atoms with Crippen molar-refractivity contribution < 1.29 is 24.0 Å². The number of nitrogens with one attached hydrogen (secondary N) is 1. The molecule has 1 heterocycles. The van der Waals surface area contributed by atoms with Gasteiger partial charge >= 0.3 is 5.97 Å². The maximum absolute atomic E-state index is 11.4. The summed E-state index contributed by atoms with van der Waals surface area (Å²) in [5, 5.41) is 6.02. The smallest absolute Gasteiger partial charge is 0.347 e. The molecule has 1 aromatic heterocycles. The van der Waals surface area contributed by atoms with Gasteiger partial charge < -0.3 is 14.9 Å². The molecule has 1 rings (SSSR count). The van der Waals surface area contributed by atoms with Crippen LogP contribution in [0.2, 0.25) is 4.34 Å². The van der Waals surface area contributed by atoms with Crippen LogP contribution in [-0.2, 0) is 24.0 Å². The van der Waals surface area contributed by atoms with Gasteiger partial charge in [-0.25, -0.2) is 9.78 Å². The summed E-state index contributed by atoms with van der Waals surface area (Å²) in [5.74, 6) is -0.630. The van der Waals surface area contributed by atoms with Crippen molar-refractivity contribution >= 4 is 52.4 Å². The Balaban J connectivity index is 2.73. The molecule has 1 amide bonds. The van der Waals surface area contributed by atoms with E-state index in [0.717, 1.165) is 11.3 Å². The van der Waals surface area contributed by atoms with E-state index < -0.39 is 18.2 Å². The van der Waals surface area contributed by atoms with Crippen molar-refractivity contribution in [2.24, 2.45) is 5.16 Å². The lowest BCUT2D eigenvalue weighted by atomic mass is 10.2. The van der Waals surface area contributed by atoms with Crippen molar-refractivity contribution in [3.05, 3.63) is 10.0 Å². The Hall–Kier alpha value is -2.00. The van der Waals surface area contributed by atoms with E-state index in [1.54, 1.807) is 20.8 Å². The first-order valence-corrected chi connectivity index (χ1v) is 7.20. The highest BCUT2D eigenvalue weighted by atomic mass is 35.5. The first kappa shape index (κ1) is 18.1. The van der Waals surface area contributed by atoms with Crippen molar-refractivity contribution in [3.63, 3.8) is 0 Å². The average Bonchev–Trinajstić information content (AvgIpc) is 2.74. The quantitative estimate of drug-likeness (QED) is 0.347. The van der Waals surface area contributed by atoms with Gasteiger partial charge in [-0.3, -0.25) is 9.59 Å². The van der Waals surface area contributed by atoms with E-state index >= 15 is 0 Å². The summed E-state index contributed by atoms with van der Waals surface area (Å²) in [4.78, 5) is 41.5. The number of rotatable bonds is 7. The Bertz CT molecular complexity index is 594. The molecule has 0 fully saturated rings. The van der Waals surface area contributed by atoms with Gasteiger partial charge in [0.25, 0.3) is 0 Å². The molecule has 0 radical (unpaired) electrons. The van der Waals surface area contributed by atoms with E-state index in [9.17, 15) is 14.4 Å². The summed E-state index contributed by atoms with van der Waals surface area (Å²) in [5.41, 5.74) is -0.801. The van der Waals surface area contributed by atoms with Gasteiger partial charge in [0.05, 0.1) is 0 Å². The fourth-order valence-electron chi connectivity index (χ4n) is 1.22. The lowest BCUT2D eigenvalue weighted by Crippen LogP contribution is -2.26. The minimum Gasteiger partial charge on any atom is -0.457 e. The molecule has 0 spiro atoms. The molecular formula is C12H14ClN3O5S. The van der Waals surface area contributed by atoms with E-state index in [4.69, 9.17) is 21.2 Å². The second kappa shape index (κ2) is 7.85. The Morgan fingerprint density at radius 1 is 1.45 bits per heavy atom. The number of aldehydes is 1. The van der Waals surface area contributed by atoms with Gasteiger partial charge in [-0.2, -0.15) is 0 Å². The monoisotopic (exact) mass is 347 g/mol. The summed E-state index contributed by atoms with van der Waals surface area (Å²) in [6.45, 7) is 4.67. The maximum atomic E-state index is 11.4. The summed E-state index contributed by atoms with van der Waals surface area (Å²) in [7, 11) is 0.